The van der Waals surface area contributed by atoms with Crippen LogP contribution in [0.15, 0.2) is 35.7 Å². The Kier molecular flexibility index (Phi) is 4.89. The summed E-state index contributed by atoms with van der Waals surface area (Å²) in [6.45, 7) is 1.84. The summed E-state index contributed by atoms with van der Waals surface area (Å²) in [7, 11) is 0. The molecule has 1 aromatic heterocycles. The number of thiazole rings is 1. The first-order valence-corrected chi connectivity index (χ1v) is 7.06. The first-order chi connectivity index (χ1) is 10.1. The van der Waals surface area contributed by atoms with Crippen LogP contribution in [0.4, 0.5) is 4.79 Å². The van der Waals surface area contributed by atoms with Gasteiger partial charge in [0.25, 0.3) is 0 Å². The van der Waals surface area contributed by atoms with E-state index < -0.39 is 18.1 Å². The van der Waals surface area contributed by atoms with Crippen molar-refractivity contribution in [3.63, 3.8) is 0 Å². The van der Waals surface area contributed by atoms with Crippen molar-refractivity contribution in [2.75, 3.05) is 0 Å². The molecule has 0 saturated heterocycles. The highest BCUT2D eigenvalue weighted by Crippen LogP contribution is 2.18. The quantitative estimate of drug-likeness (QED) is 0.886. The van der Waals surface area contributed by atoms with E-state index in [1.54, 1.807) is 12.3 Å². The van der Waals surface area contributed by atoms with Crippen LogP contribution >= 0.6 is 11.3 Å². The Morgan fingerprint density at radius 2 is 2.10 bits per heavy atom. The highest BCUT2D eigenvalue weighted by molar-refractivity contribution is 7.09. The Bertz CT molecular complexity index is 627. The monoisotopic (exact) mass is 306 g/mol. The number of rotatable bonds is 5. The summed E-state index contributed by atoms with van der Waals surface area (Å²) in [6.07, 6.45) is -0.792. The number of nitrogens with one attached hydrogen (secondary N) is 1. The number of carbonyl (C=O) groups excluding carboxylic acids is 1. The minimum absolute atomic E-state index is 0.0793. The lowest BCUT2D eigenvalue weighted by atomic mass is 10.2. The van der Waals surface area contributed by atoms with Crippen molar-refractivity contribution in [1.29, 1.82) is 0 Å². The van der Waals surface area contributed by atoms with Gasteiger partial charge in [0.05, 0.1) is 0 Å². The number of benzene rings is 1. The number of aliphatic carboxylic acids is 1. The molecular formula is C14H14N2O4S. The van der Waals surface area contributed by atoms with Gasteiger partial charge in [0.15, 0.2) is 6.04 Å². The third-order valence-corrected chi connectivity index (χ3v) is 3.63. The van der Waals surface area contributed by atoms with Crippen LogP contribution in [0.3, 0.4) is 0 Å². The molecule has 0 radical (unpaired) electrons. The van der Waals surface area contributed by atoms with Gasteiger partial charge in [0.2, 0.25) is 0 Å². The van der Waals surface area contributed by atoms with E-state index in [2.05, 4.69) is 10.3 Å². The summed E-state index contributed by atoms with van der Waals surface area (Å²) in [5.74, 6) is -1.18. The van der Waals surface area contributed by atoms with Gasteiger partial charge < -0.3 is 15.2 Å². The third-order valence-electron chi connectivity index (χ3n) is 2.61. The Labute approximate surface area is 125 Å². The lowest BCUT2D eigenvalue weighted by Gasteiger charge is -2.12. The molecular weight excluding hydrogens is 292 g/mol. The van der Waals surface area contributed by atoms with E-state index in [4.69, 9.17) is 9.84 Å². The van der Waals surface area contributed by atoms with Gasteiger partial charge in [-0.1, -0.05) is 30.3 Å². The number of aromatic nitrogens is 1. The molecule has 1 atom stereocenters. The average molecular weight is 306 g/mol. The molecule has 0 spiro atoms. The molecule has 7 heteroatoms. The van der Waals surface area contributed by atoms with Crippen molar-refractivity contribution in [2.24, 2.45) is 0 Å². The van der Waals surface area contributed by atoms with Crippen LogP contribution in [0.2, 0.25) is 0 Å². The Balaban J connectivity index is 1.94. The fourth-order valence-electron chi connectivity index (χ4n) is 1.62. The van der Waals surface area contributed by atoms with Crippen LogP contribution in [0.25, 0.3) is 0 Å². The molecule has 0 aliphatic carbocycles. The highest BCUT2D eigenvalue weighted by atomic mass is 32.1. The largest absolute Gasteiger partial charge is 0.479 e. The van der Waals surface area contributed by atoms with Crippen LogP contribution in [-0.4, -0.2) is 22.2 Å². The first-order valence-electron chi connectivity index (χ1n) is 6.18. The molecule has 2 aromatic rings. The van der Waals surface area contributed by atoms with E-state index in [1.165, 1.54) is 11.3 Å². The normalized spacial score (nSPS) is 11.7. The lowest BCUT2D eigenvalue weighted by Crippen LogP contribution is -2.34. The molecule has 6 nitrogen and oxygen atoms in total. The standard InChI is InChI=1S/C14H14N2O4S/c1-9-8-21-12(15-9)11(13(17)18)16-14(19)20-7-10-5-3-2-4-6-10/h2-6,8,11H,7H2,1H3,(H,16,19)(H,17,18). The highest BCUT2D eigenvalue weighted by Gasteiger charge is 2.25. The maximum absolute atomic E-state index is 11.7. The summed E-state index contributed by atoms with van der Waals surface area (Å²) in [6, 6.07) is 7.93. The molecule has 2 N–H and O–H groups in total. The Hall–Kier alpha value is -2.41. The lowest BCUT2D eigenvalue weighted by molar-refractivity contribution is -0.139. The SMILES string of the molecule is Cc1csc(C(NC(=O)OCc2ccccc2)C(=O)O)n1. The summed E-state index contributed by atoms with van der Waals surface area (Å²) >= 11 is 1.18. The van der Waals surface area contributed by atoms with E-state index in [-0.39, 0.29) is 6.61 Å². The third kappa shape index (κ3) is 4.28. The second-order valence-electron chi connectivity index (χ2n) is 4.30. The van der Waals surface area contributed by atoms with E-state index in [1.807, 2.05) is 30.3 Å². The minimum Gasteiger partial charge on any atom is -0.479 e. The maximum Gasteiger partial charge on any atom is 0.408 e. The molecule has 21 heavy (non-hydrogen) atoms. The molecule has 1 unspecified atom stereocenters. The van der Waals surface area contributed by atoms with E-state index in [0.29, 0.717) is 10.7 Å². The van der Waals surface area contributed by atoms with E-state index >= 15 is 0 Å². The number of carboxylic acids is 1. The number of nitrogens with zero attached hydrogens (tertiary/aromatic N) is 1. The minimum atomic E-state index is -1.20. The maximum atomic E-state index is 11.7. The van der Waals surface area contributed by atoms with Crippen molar-refractivity contribution in [2.45, 2.75) is 19.6 Å². The van der Waals surface area contributed by atoms with Crippen molar-refractivity contribution in [3.8, 4) is 0 Å². The second-order valence-corrected chi connectivity index (χ2v) is 5.19. The van der Waals surface area contributed by atoms with Gasteiger partial charge in [-0.2, -0.15) is 0 Å². The average Bonchev–Trinajstić information content (AvgIpc) is 2.89. The van der Waals surface area contributed by atoms with Gasteiger partial charge >= 0.3 is 12.1 Å². The van der Waals surface area contributed by atoms with E-state index in [9.17, 15) is 9.59 Å². The second kappa shape index (κ2) is 6.85. The van der Waals surface area contributed by atoms with Gasteiger partial charge in [0, 0.05) is 11.1 Å². The molecule has 0 saturated carbocycles. The molecule has 110 valence electrons. The fraction of sp³-hybridized carbons (Fsp3) is 0.214. The zero-order valence-electron chi connectivity index (χ0n) is 11.3. The zero-order valence-corrected chi connectivity index (χ0v) is 12.1. The first kappa shape index (κ1) is 15.0. The van der Waals surface area contributed by atoms with Gasteiger partial charge in [-0.25, -0.2) is 14.6 Å². The molecule has 0 aliphatic heterocycles. The molecule has 1 heterocycles. The van der Waals surface area contributed by atoms with Gasteiger partial charge in [0.1, 0.15) is 11.6 Å². The summed E-state index contributed by atoms with van der Waals surface area (Å²) in [4.78, 5) is 27.0. The Morgan fingerprint density at radius 1 is 1.38 bits per heavy atom. The Morgan fingerprint density at radius 3 is 2.67 bits per heavy atom. The number of hydrogen-bond donors (Lipinski definition) is 2. The summed E-state index contributed by atoms with van der Waals surface area (Å²) in [5.41, 5.74) is 1.53. The fourth-order valence-corrected chi connectivity index (χ4v) is 2.45. The number of amides is 1. The number of aryl methyl sites for hydroxylation is 1. The topological polar surface area (TPSA) is 88.5 Å². The van der Waals surface area contributed by atoms with Gasteiger partial charge in [-0.3, -0.25) is 0 Å². The molecule has 0 aliphatic rings. The summed E-state index contributed by atoms with van der Waals surface area (Å²) in [5, 5.41) is 13.5. The van der Waals surface area contributed by atoms with E-state index in [0.717, 1.165) is 5.56 Å². The van der Waals surface area contributed by atoms with Crippen LogP contribution < -0.4 is 5.32 Å². The number of alkyl carbamates (subject to hydrolysis) is 1. The van der Waals surface area contributed by atoms with Crippen LogP contribution in [-0.2, 0) is 16.1 Å². The number of ether oxygens (including phenoxy) is 1. The van der Waals surface area contributed by atoms with Crippen LogP contribution in [0.1, 0.15) is 22.3 Å². The molecule has 1 aromatic carbocycles. The van der Waals surface area contributed by atoms with Crippen LogP contribution in [0, 0.1) is 6.92 Å². The van der Waals surface area contributed by atoms with Crippen molar-refractivity contribution < 1.29 is 19.4 Å². The molecule has 0 fully saturated rings. The smallest absolute Gasteiger partial charge is 0.408 e. The predicted molar refractivity (Wildman–Crippen MR) is 77.0 cm³/mol. The molecule has 1 amide bonds. The van der Waals surface area contributed by atoms with Crippen molar-refractivity contribution >= 4 is 23.4 Å². The van der Waals surface area contributed by atoms with Crippen LogP contribution in [0.5, 0.6) is 0 Å². The van der Waals surface area contributed by atoms with Crippen molar-refractivity contribution in [1.82, 2.24) is 10.3 Å². The van der Waals surface area contributed by atoms with Gasteiger partial charge in [-0.15, -0.1) is 11.3 Å². The van der Waals surface area contributed by atoms with Crippen molar-refractivity contribution in [3.05, 3.63) is 52.0 Å². The number of carboxylic acid groups (broad SMARTS) is 1. The predicted octanol–water partition coefficient (Wildman–Crippen LogP) is 2.50. The summed E-state index contributed by atoms with van der Waals surface area (Å²) < 4.78 is 5.00. The number of carbonyl (C=O) groups is 2. The molecule has 2 rings (SSSR count). The number of hydrogen-bond acceptors (Lipinski definition) is 5. The van der Waals surface area contributed by atoms with Gasteiger partial charge in [-0.05, 0) is 12.5 Å². The zero-order chi connectivity index (χ0) is 15.2. The molecule has 0 bridgehead atoms.